The zero-order chi connectivity index (χ0) is 12.5. The molecule has 0 atom stereocenters. The van der Waals surface area contributed by atoms with Gasteiger partial charge in [-0.25, -0.2) is 8.98 Å². The van der Waals surface area contributed by atoms with Crippen molar-refractivity contribution in [2.45, 2.75) is 0 Å². The molecule has 0 fully saturated rings. The van der Waals surface area contributed by atoms with Crippen molar-refractivity contribution in [3.63, 3.8) is 0 Å². The lowest BCUT2D eigenvalue weighted by atomic mass is 10.2. The number of rotatable bonds is 3. The first-order chi connectivity index (χ1) is 8.00. The van der Waals surface area contributed by atoms with Crippen molar-refractivity contribution in [3.05, 3.63) is 40.8 Å². The van der Waals surface area contributed by atoms with Gasteiger partial charge >= 0.3 is 16.0 Å². The molecule has 17 heavy (non-hydrogen) atoms. The van der Waals surface area contributed by atoms with E-state index in [9.17, 15) is 13.2 Å². The maximum Gasteiger partial charge on any atom is 0.448 e. The molecule has 0 aliphatic rings. The van der Waals surface area contributed by atoms with Gasteiger partial charge in [0.25, 0.3) is 0 Å². The highest BCUT2D eigenvalue weighted by Gasteiger charge is 2.11. The van der Waals surface area contributed by atoms with Crippen molar-refractivity contribution in [2.24, 2.45) is 0 Å². The Labute approximate surface area is 96.7 Å². The van der Waals surface area contributed by atoms with Crippen LogP contribution in [-0.2, 0) is 14.6 Å². The Morgan fingerprint density at radius 1 is 1.18 bits per heavy atom. The molecule has 2 rings (SSSR count). The quantitative estimate of drug-likeness (QED) is 0.764. The van der Waals surface area contributed by atoms with Gasteiger partial charge in [0.05, 0.1) is 7.11 Å². The fourth-order valence-corrected chi connectivity index (χ4v) is 1.65. The number of fused-ring (bicyclic) bond motifs is 1. The van der Waals surface area contributed by atoms with E-state index in [1.165, 1.54) is 18.2 Å². The van der Waals surface area contributed by atoms with E-state index in [2.05, 4.69) is 8.37 Å². The molecular formula is C10H8O6S. The lowest BCUT2D eigenvalue weighted by Gasteiger charge is -2.04. The standard InChI is InChI=1S/C10H8O6S/c1-14-17(12,13)16-8-4-2-7-3-5-10(11)15-9(7)6-8/h2-6H,1H3. The van der Waals surface area contributed by atoms with Crippen LogP contribution in [0.2, 0.25) is 0 Å². The van der Waals surface area contributed by atoms with Crippen LogP contribution in [0.3, 0.4) is 0 Å². The highest BCUT2D eigenvalue weighted by Crippen LogP contribution is 2.20. The molecule has 2 aromatic rings. The van der Waals surface area contributed by atoms with Gasteiger partial charge in [-0.05, 0) is 18.2 Å². The van der Waals surface area contributed by atoms with E-state index >= 15 is 0 Å². The summed E-state index contributed by atoms with van der Waals surface area (Å²) in [6.07, 6.45) is 0. The lowest BCUT2D eigenvalue weighted by Crippen LogP contribution is -2.10. The van der Waals surface area contributed by atoms with E-state index in [-0.39, 0.29) is 11.3 Å². The van der Waals surface area contributed by atoms with Gasteiger partial charge in [0.15, 0.2) is 0 Å². The Balaban J connectivity index is 2.48. The molecule has 6 nitrogen and oxygen atoms in total. The van der Waals surface area contributed by atoms with Crippen LogP contribution in [0.5, 0.6) is 5.75 Å². The van der Waals surface area contributed by atoms with Gasteiger partial charge in [-0.3, -0.25) is 0 Å². The minimum atomic E-state index is -4.07. The van der Waals surface area contributed by atoms with Crippen molar-refractivity contribution in [3.8, 4) is 5.75 Å². The maximum absolute atomic E-state index is 11.0. The second kappa shape index (κ2) is 4.19. The number of hydrogen-bond donors (Lipinski definition) is 0. The monoisotopic (exact) mass is 256 g/mol. The first-order valence-electron chi connectivity index (χ1n) is 4.54. The minimum Gasteiger partial charge on any atom is -0.423 e. The molecule has 0 aliphatic carbocycles. The second-order valence-corrected chi connectivity index (χ2v) is 4.43. The summed E-state index contributed by atoms with van der Waals surface area (Å²) in [4.78, 5) is 11.0. The van der Waals surface area contributed by atoms with Crippen LogP contribution in [-0.4, -0.2) is 15.5 Å². The van der Waals surface area contributed by atoms with Crippen molar-refractivity contribution < 1.29 is 21.2 Å². The largest absolute Gasteiger partial charge is 0.448 e. The average Bonchev–Trinajstić information content (AvgIpc) is 2.28. The zero-order valence-corrected chi connectivity index (χ0v) is 9.56. The summed E-state index contributed by atoms with van der Waals surface area (Å²) in [6, 6.07) is 7.13. The van der Waals surface area contributed by atoms with Crippen LogP contribution in [0.25, 0.3) is 11.0 Å². The Hall–Kier alpha value is -1.86. The van der Waals surface area contributed by atoms with Crippen LogP contribution >= 0.6 is 0 Å². The van der Waals surface area contributed by atoms with Gasteiger partial charge in [0.1, 0.15) is 11.3 Å². The molecular weight excluding hydrogens is 248 g/mol. The van der Waals surface area contributed by atoms with E-state index < -0.39 is 16.0 Å². The Kier molecular flexibility index (Phi) is 2.86. The van der Waals surface area contributed by atoms with Crippen molar-refractivity contribution in [1.82, 2.24) is 0 Å². The minimum absolute atomic E-state index is 0.00806. The Bertz CT molecular complexity index is 700. The van der Waals surface area contributed by atoms with Gasteiger partial charge in [-0.2, -0.15) is 8.42 Å². The van der Waals surface area contributed by atoms with Crippen LogP contribution < -0.4 is 9.81 Å². The molecule has 0 saturated carbocycles. The van der Waals surface area contributed by atoms with Gasteiger partial charge in [0.2, 0.25) is 0 Å². The molecule has 90 valence electrons. The summed E-state index contributed by atoms with van der Waals surface area (Å²) in [5.41, 5.74) is -0.287. The molecule has 0 spiro atoms. The maximum atomic E-state index is 11.0. The van der Waals surface area contributed by atoms with Crippen LogP contribution in [0.1, 0.15) is 0 Å². The first-order valence-corrected chi connectivity index (χ1v) is 5.87. The van der Waals surface area contributed by atoms with Gasteiger partial charge < -0.3 is 8.60 Å². The average molecular weight is 256 g/mol. The topological polar surface area (TPSA) is 82.8 Å². The summed E-state index contributed by atoms with van der Waals surface area (Å²) >= 11 is 0. The zero-order valence-electron chi connectivity index (χ0n) is 8.74. The van der Waals surface area contributed by atoms with E-state index in [0.29, 0.717) is 5.39 Å². The number of hydrogen-bond acceptors (Lipinski definition) is 6. The first kappa shape index (κ1) is 11.6. The van der Waals surface area contributed by atoms with Crippen molar-refractivity contribution >= 4 is 21.4 Å². The van der Waals surface area contributed by atoms with E-state index in [0.717, 1.165) is 7.11 Å². The van der Waals surface area contributed by atoms with Crippen LogP contribution in [0.4, 0.5) is 0 Å². The van der Waals surface area contributed by atoms with Crippen LogP contribution in [0, 0.1) is 0 Å². The van der Waals surface area contributed by atoms with Gasteiger partial charge in [-0.1, -0.05) is 0 Å². The third-order valence-corrected chi connectivity index (χ3v) is 2.80. The molecule has 0 N–H and O–H groups in total. The van der Waals surface area contributed by atoms with Crippen molar-refractivity contribution in [1.29, 1.82) is 0 Å². The predicted molar refractivity (Wildman–Crippen MR) is 59.0 cm³/mol. The van der Waals surface area contributed by atoms with E-state index in [1.807, 2.05) is 0 Å². The van der Waals surface area contributed by atoms with E-state index in [1.54, 1.807) is 12.1 Å². The highest BCUT2D eigenvalue weighted by molar-refractivity contribution is 7.82. The SMILES string of the molecule is COS(=O)(=O)Oc1ccc2ccc(=O)oc2c1. The summed E-state index contributed by atoms with van der Waals surface area (Å²) in [6.45, 7) is 0. The summed E-state index contributed by atoms with van der Waals surface area (Å²) in [5.74, 6) is 0.00806. The fraction of sp³-hybridized carbons (Fsp3) is 0.100. The molecule has 0 radical (unpaired) electrons. The molecule has 0 bridgehead atoms. The highest BCUT2D eigenvalue weighted by atomic mass is 32.3. The summed E-state index contributed by atoms with van der Waals surface area (Å²) in [7, 11) is -3.09. The van der Waals surface area contributed by atoms with Gasteiger partial charge in [-0.15, -0.1) is 0 Å². The number of benzene rings is 1. The fourth-order valence-electron chi connectivity index (χ4n) is 1.24. The second-order valence-electron chi connectivity index (χ2n) is 3.11. The normalized spacial score (nSPS) is 11.6. The molecule has 1 heterocycles. The molecule has 1 aromatic heterocycles. The Morgan fingerprint density at radius 2 is 1.88 bits per heavy atom. The van der Waals surface area contributed by atoms with E-state index in [4.69, 9.17) is 4.42 Å². The molecule has 0 unspecified atom stereocenters. The lowest BCUT2D eigenvalue weighted by molar-refractivity contribution is 0.330. The summed E-state index contributed by atoms with van der Waals surface area (Å²) in [5, 5.41) is 0.659. The molecule has 0 amide bonds. The summed E-state index contributed by atoms with van der Waals surface area (Å²) < 4.78 is 35.7. The molecule has 7 heteroatoms. The predicted octanol–water partition coefficient (Wildman–Crippen LogP) is 1.06. The molecule has 0 saturated heterocycles. The van der Waals surface area contributed by atoms with Crippen molar-refractivity contribution in [2.75, 3.05) is 7.11 Å². The van der Waals surface area contributed by atoms with Gasteiger partial charge in [0, 0.05) is 17.5 Å². The molecule has 1 aromatic carbocycles. The smallest absolute Gasteiger partial charge is 0.423 e. The van der Waals surface area contributed by atoms with Crippen LogP contribution in [0.15, 0.2) is 39.5 Å². The Morgan fingerprint density at radius 3 is 2.59 bits per heavy atom. The third kappa shape index (κ3) is 2.63. The molecule has 0 aliphatic heterocycles. The third-order valence-electron chi connectivity index (χ3n) is 2.00.